The number of carbonyl (C=O) groups is 1. The maximum atomic E-state index is 12.0. The summed E-state index contributed by atoms with van der Waals surface area (Å²) in [7, 11) is 0. The van der Waals surface area contributed by atoms with E-state index in [9.17, 15) is 4.79 Å². The summed E-state index contributed by atoms with van der Waals surface area (Å²) in [6.07, 6.45) is 3.22. The monoisotopic (exact) mass is 278 g/mol. The molecule has 0 spiro atoms. The van der Waals surface area contributed by atoms with Crippen LogP contribution in [0.1, 0.15) is 26.2 Å². The van der Waals surface area contributed by atoms with Gasteiger partial charge in [0.05, 0.1) is 0 Å². The van der Waals surface area contributed by atoms with E-state index in [1.165, 1.54) is 4.90 Å². The van der Waals surface area contributed by atoms with Crippen LogP contribution in [-0.2, 0) is 4.79 Å². The first-order chi connectivity index (χ1) is 9.19. The molecule has 1 fully saturated rings. The first-order valence-corrected chi connectivity index (χ1v) is 7.90. The number of primary amides is 1. The van der Waals surface area contributed by atoms with Crippen molar-refractivity contribution in [3.63, 3.8) is 0 Å². The van der Waals surface area contributed by atoms with Crippen LogP contribution in [0.2, 0.25) is 0 Å². The normalized spacial score (nSPS) is 17.9. The van der Waals surface area contributed by atoms with Gasteiger partial charge in [0.2, 0.25) is 5.91 Å². The van der Waals surface area contributed by atoms with Crippen molar-refractivity contribution < 1.29 is 4.79 Å². The molecule has 3 nitrogen and oxygen atoms in total. The number of hydrogen-bond donors (Lipinski definition) is 2. The standard InChI is InChI=1S/C15H22N2OS/c1-2-10-17-15(14(16)18,12-8-9-12)11-19-13-6-4-3-5-7-13/h3-7,12,17H,2,8-11H2,1H3,(H2,16,18). The first kappa shape index (κ1) is 14.4. The molecule has 1 aliphatic rings. The quantitative estimate of drug-likeness (QED) is 0.718. The number of nitrogens with two attached hydrogens (primary N) is 1. The van der Waals surface area contributed by atoms with Gasteiger partial charge in [0.15, 0.2) is 0 Å². The van der Waals surface area contributed by atoms with Crippen molar-refractivity contribution >= 4 is 17.7 Å². The zero-order chi connectivity index (χ0) is 13.7. The summed E-state index contributed by atoms with van der Waals surface area (Å²) in [5.41, 5.74) is 5.17. The summed E-state index contributed by atoms with van der Waals surface area (Å²) >= 11 is 1.71. The third kappa shape index (κ3) is 3.51. The van der Waals surface area contributed by atoms with Crippen LogP contribution in [0.3, 0.4) is 0 Å². The fourth-order valence-electron chi connectivity index (χ4n) is 2.31. The molecule has 0 saturated heterocycles. The lowest BCUT2D eigenvalue weighted by molar-refractivity contribution is -0.124. The molecule has 1 aromatic rings. The molecular formula is C15H22N2OS. The Kier molecular flexibility index (Phi) is 4.88. The lowest BCUT2D eigenvalue weighted by Gasteiger charge is -2.31. The fourth-order valence-corrected chi connectivity index (χ4v) is 3.53. The van der Waals surface area contributed by atoms with Crippen molar-refractivity contribution in [2.75, 3.05) is 12.3 Å². The van der Waals surface area contributed by atoms with Gasteiger partial charge in [-0.15, -0.1) is 11.8 Å². The summed E-state index contributed by atoms with van der Waals surface area (Å²) in [6.45, 7) is 2.95. The Morgan fingerprint density at radius 2 is 2.11 bits per heavy atom. The molecule has 19 heavy (non-hydrogen) atoms. The van der Waals surface area contributed by atoms with Gasteiger partial charge in [0.1, 0.15) is 5.54 Å². The molecule has 3 N–H and O–H groups in total. The van der Waals surface area contributed by atoms with E-state index in [1.54, 1.807) is 11.8 Å². The van der Waals surface area contributed by atoms with Crippen LogP contribution in [0.25, 0.3) is 0 Å². The second-order valence-electron chi connectivity index (χ2n) is 5.14. The molecule has 0 radical (unpaired) electrons. The van der Waals surface area contributed by atoms with Crippen molar-refractivity contribution in [3.05, 3.63) is 30.3 Å². The summed E-state index contributed by atoms with van der Waals surface area (Å²) < 4.78 is 0. The summed E-state index contributed by atoms with van der Waals surface area (Å²) in [5.74, 6) is 0.927. The topological polar surface area (TPSA) is 55.1 Å². The zero-order valence-electron chi connectivity index (χ0n) is 11.4. The molecule has 0 aliphatic heterocycles. The summed E-state index contributed by atoms with van der Waals surface area (Å²) in [6, 6.07) is 10.2. The third-order valence-corrected chi connectivity index (χ3v) is 4.82. The van der Waals surface area contributed by atoms with Crippen molar-refractivity contribution in [1.29, 1.82) is 0 Å². The van der Waals surface area contributed by atoms with Crippen molar-refractivity contribution in [3.8, 4) is 0 Å². The Bertz CT molecular complexity index is 419. The molecule has 104 valence electrons. The van der Waals surface area contributed by atoms with Gasteiger partial charge in [-0.25, -0.2) is 0 Å². The largest absolute Gasteiger partial charge is 0.368 e. The number of thioether (sulfide) groups is 1. The second-order valence-corrected chi connectivity index (χ2v) is 6.19. The van der Waals surface area contributed by atoms with Crippen LogP contribution in [0.5, 0.6) is 0 Å². The lowest BCUT2D eigenvalue weighted by Crippen LogP contribution is -2.59. The van der Waals surface area contributed by atoms with Crippen LogP contribution in [0, 0.1) is 5.92 Å². The summed E-state index contributed by atoms with van der Waals surface area (Å²) in [4.78, 5) is 13.2. The van der Waals surface area contributed by atoms with Gasteiger partial charge in [0.25, 0.3) is 0 Å². The van der Waals surface area contributed by atoms with E-state index in [0.717, 1.165) is 31.6 Å². The molecule has 0 heterocycles. The van der Waals surface area contributed by atoms with Crippen LogP contribution in [0.4, 0.5) is 0 Å². The van der Waals surface area contributed by atoms with Crippen LogP contribution in [-0.4, -0.2) is 23.7 Å². The van der Waals surface area contributed by atoms with Gasteiger partial charge in [-0.3, -0.25) is 4.79 Å². The molecule has 1 unspecified atom stereocenters. The van der Waals surface area contributed by atoms with Gasteiger partial charge in [-0.05, 0) is 43.9 Å². The Hall–Kier alpha value is -1.00. The molecular weight excluding hydrogens is 256 g/mol. The molecule has 1 aromatic carbocycles. The van der Waals surface area contributed by atoms with Gasteiger partial charge in [0, 0.05) is 10.6 Å². The van der Waals surface area contributed by atoms with Crippen molar-refractivity contribution in [1.82, 2.24) is 5.32 Å². The zero-order valence-corrected chi connectivity index (χ0v) is 12.2. The SMILES string of the molecule is CCCNC(CSc1ccccc1)(C(N)=O)C1CC1. The van der Waals surface area contributed by atoms with Gasteiger partial charge >= 0.3 is 0 Å². The minimum atomic E-state index is -0.531. The van der Waals surface area contributed by atoms with Crippen molar-refractivity contribution in [2.45, 2.75) is 36.6 Å². The second kappa shape index (κ2) is 6.44. The van der Waals surface area contributed by atoms with E-state index in [0.29, 0.717) is 5.92 Å². The highest BCUT2D eigenvalue weighted by molar-refractivity contribution is 7.99. The average molecular weight is 278 g/mol. The molecule has 2 rings (SSSR count). The van der Waals surface area contributed by atoms with E-state index < -0.39 is 5.54 Å². The predicted molar refractivity (Wildman–Crippen MR) is 80.1 cm³/mol. The highest BCUT2D eigenvalue weighted by Crippen LogP contribution is 2.42. The number of amides is 1. The molecule has 1 atom stereocenters. The van der Waals surface area contributed by atoms with E-state index >= 15 is 0 Å². The Labute approximate surface area is 119 Å². The lowest BCUT2D eigenvalue weighted by atomic mass is 9.94. The minimum absolute atomic E-state index is 0.202. The van der Waals surface area contributed by atoms with E-state index in [1.807, 2.05) is 18.2 Å². The third-order valence-electron chi connectivity index (χ3n) is 3.61. The van der Waals surface area contributed by atoms with Crippen molar-refractivity contribution in [2.24, 2.45) is 11.7 Å². The molecule has 0 aromatic heterocycles. The number of carbonyl (C=O) groups excluding carboxylic acids is 1. The molecule has 0 bridgehead atoms. The summed E-state index contributed by atoms with van der Waals surface area (Å²) in [5, 5.41) is 3.42. The minimum Gasteiger partial charge on any atom is -0.368 e. The Morgan fingerprint density at radius 3 is 2.63 bits per heavy atom. The highest BCUT2D eigenvalue weighted by atomic mass is 32.2. The van der Waals surface area contributed by atoms with E-state index in [2.05, 4.69) is 24.4 Å². The first-order valence-electron chi connectivity index (χ1n) is 6.92. The molecule has 4 heteroatoms. The van der Waals surface area contributed by atoms with Gasteiger partial charge in [-0.1, -0.05) is 25.1 Å². The number of benzene rings is 1. The maximum absolute atomic E-state index is 12.0. The van der Waals surface area contributed by atoms with Crippen LogP contribution in [0.15, 0.2) is 35.2 Å². The predicted octanol–water partition coefficient (Wildman–Crippen LogP) is 2.41. The van der Waals surface area contributed by atoms with E-state index in [-0.39, 0.29) is 5.91 Å². The van der Waals surface area contributed by atoms with Crippen LogP contribution >= 0.6 is 11.8 Å². The number of rotatable bonds is 8. The molecule has 1 amide bonds. The Morgan fingerprint density at radius 1 is 1.42 bits per heavy atom. The Balaban J connectivity index is 2.06. The van der Waals surface area contributed by atoms with Crippen LogP contribution < -0.4 is 11.1 Å². The average Bonchev–Trinajstić information content (AvgIpc) is 3.25. The van der Waals surface area contributed by atoms with Gasteiger partial charge in [-0.2, -0.15) is 0 Å². The molecule has 1 saturated carbocycles. The smallest absolute Gasteiger partial charge is 0.238 e. The number of nitrogens with one attached hydrogen (secondary N) is 1. The van der Waals surface area contributed by atoms with Gasteiger partial charge < -0.3 is 11.1 Å². The van der Waals surface area contributed by atoms with E-state index in [4.69, 9.17) is 5.73 Å². The fraction of sp³-hybridized carbons (Fsp3) is 0.533. The maximum Gasteiger partial charge on any atom is 0.238 e. The highest BCUT2D eigenvalue weighted by Gasteiger charge is 2.49. The number of hydrogen-bond acceptors (Lipinski definition) is 3. The molecule has 1 aliphatic carbocycles.